The van der Waals surface area contributed by atoms with Crippen molar-refractivity contribution in [1.29, 1.82) is 0 Å². The van der Waals surface area contributed by atoms with Crippen LogP contribution < -0.4 is 10.1 Å². The van der Waals surface area contributed by atoms with Crippen molar-refractivity contribution >= 4 is 0 Å². The van der Waals surface area contributed by atoms with Gasteiger partial charge in [-0.2, -0.15) is 0 Å². The van der Waals surface area contributed by atoms with E-state index in [0.29, 0.717) is 5.88 Å². The number of methoxy groups -OCH3 is 1. The molecule has 0 saturated carbocycles. The minimum Gasteiger partial charge on any atom is -0.481 e. The average Bonchev–Trinajstić information content (AvgIpc) is 2.15. The summed E-state index contributed by atoms with van der Waals surface area (Å²) in [6.07, 6.45) is 2.78. The Morgan fingerprint density at radius 2 is 2.42 bits per heavy atom. The van der Waals surface area contributed by atoms with Crippen molar-refractivity contribution in [2.24, 2.45) is 0 Å². The van der Waals surface area contributed by atoms with E-state index in [0.717, 1.165) is 13.0 Å². The van der Waals surface area contributed by atoms with Gasteiger partial charge >= 0.3 is 0 Å². The van der Waals surface area contributed by atoms with Crippen LogP contribution in [0.4, 0.5) is 0 Å². The Kier molecular flexibility index (Phi) is 3.54. The Morgan fingerprint density at radius 1 is 1.58 bits per heavy atom. The summed E-state index contributed by atoms with van der Waals surface area (Å²) in [5.74, 6) is 0.684. The standard InChI is InChI=1S/C9H14N2O/c1-10-5-3-8-4-6-11-9(7-8)12-2/h4,6-7,10H,3,5H2,1-2H3. The van der Waals surface area contributed by atoms with E-state index in [-0.39, 0.29) is 0 Å². The largest absolute Gasteiger partial charge is 0.481 e. The first-order chi connectivity index (χ1) is 5.86. The molecule has 3 nitrogen and oxygen atoms in total. The van der Waals surface area contributed by atoms with Crippen LogP contribution in [0.3, 0.4) is 0 Å². The molecule has 0 unspecified atom stereocenters. The molecule has 0 spiro atoms. The van der Waals surface area contributed by atoms with Gasteiger partial charge in [0.15, 0.2) is 0 Å². The summed E-state index contributed by atoms with van der Waals surface area (Å²) in [5, 5.41) is 3.09. The second-order valence-corrected chi connectivity index (χ2v) is 2.56. The fourth-order valence-corrected chi connectivity index (χ4v) is 0.987. The van der Waals surface area contributed by atoms with Crippen molar-refractivity contribution in [2.45, 2.75) is 6.42 Å². The third kappa shape index (κ3) is 2.51. The lowest BCUT2D eigenvalue weighted by Gasteiger charge is -2.02. The average molecular weight is 166 g/mol. The van der Waals surface area contributed by atoms with Gasteiger partial charge in [0.25, 0.3) is 0 Å². The van der Waals surface area contributed by atoms with Crippen LogP contribution in [-0.4, -0.2) is 25.7 Å². The van der Waals surface area contributed by atoms with E-state index in [4.69, 9.17) is 4.74 Å². The summed E-state index contributed by atoms with van der Waals surface area (Å²) >= 11 is 0. The molecule has 0 aromatic carbocycles. The molecule has 1 heterocycles. The van der Waals surface area contributed by atoms with E-state index in [1.165, 1.54) is 5.56 Å². The number of rotatable bonds is 4. The molecule has 1 aromatic rings. The maximum Gasteiger partial charge on any atom is 0.213 e. The highest BCUT2D eigenvalue weighted by Crippen LogP contribution is 2.08. The number of likely N-dealkylation sites (N-methyl/N-ethyl adjacent to an activating group) is 1. The number of ether oxygens (including phenoxy) is 1. The van der Waals surface area contributed by atoms with Gasteiger partial charge in [0.1, 0.15) is 0 Å². The predicted octanol–water partition coefficient (Wildman–Crippen LogP) is 0.852. The molecule has 3 heteroatoms. The van der Waals surface area contributed by atoms with E-state index in [1.54, 1.807) is 13.3 Å². The van der Waals surface area contributed by atoms with Crippen LogP contribution in [0.15, 0.2) is 18.3 Å². The second-order valence-electron chi connectivity index (χ2n) is 2.56. The second kappa shape index (κ2) is 4.72. The fourth-order valence-electron chi connectivity index (χ4n) is 0.987. The van der Waals surface area contributed by atoms with Crippen molar-refractivity contribution in [3.05, 3.63) is 23.9 Å². The monoisotopic (exact) mass is 166 g/mol. The first-order valence-corrected chi connectivity index (χ1v) is 4.00. The highest BCUT2D eigenvalue weighted by atomic mass is 16.5. The summed E-state index contributed by atoms with van der Waals surface area (Å²) in [5.41, 5.74) is 1.25. The molecule has 1 aromatic heterocycles. The summed E-state index contributed by atoms with van der Waals surface area (Å²) in [7, 11) is 3.57. The van der Waals surface area contributed by atoms with Gasteiger partial charge in [-0.25, -0.2) is 4.98 Å². The third-order valence-corrected chi connectivity index (χ3v) is 1.67. The molecule has 0 fully saturated rings. The molecule has 12 heavy (non-hydrogen) atoms. The van der Waals surface area contributed by atoms with Gasteiger partial charge in [-0.05, 0) is 31.6 Å². The van der Waals surface area contributed by atoms with Gasteiger partial charge < -0.3 is 10.1 Å². The molecule has 1 N–H and O–H groups in total. The molecule has 0 bridgehead atoms. The van der Waals surface area contributed by atoms with E-state index >= 15 is 0 Å². The van der Waals surface area contributed by atoms with Crippen molar-refractivity contribution in [1.82, 2.24) is 10.3 Å². The Morgan fingerprint density at radius 3 is 3.08 bits per heavy atom. The lowest BCUT2D eigenvalue weighted by molar-refractivity contribution is 0.397. The van der Waals surface area contributed by atoms with E-state index in [2.05, 4.69) is 10.3 Å². The van der Waals surface area contributed by atoms with Crippen LogP contribution in [-0.2, 0) is 6.42 Å². The van der Waals surface area contributed by atoms with Gasteiger partial charge in [-0.15, -0.1) is 0 Å². The summed E-state index contributed by atoms with van der Waals surface area (Å²) in [6, 6.07) is 3.96. The quantitative estimate of drug-likeness (QED) is 0.720. The van der Waals surface area contributed by atoms with Gasteiger partial charge in [0.05, 0.1) is 7.11 Å². The SMILES string of the molecule is CNCCc1ccnc(OC)c1. The molecule has 0 saturated heterocycles. The first-order valence-electron chi connectivity index (χ1n) is 4.00. The number of nitrogens with zero attached hydrogens (tertiary/aromatic N) is 1. The molecule has 0 amide bonds. The van der Waals surface area contributed by atoms with E-state index in [9.17, 15) is 0 Å². The van der Waals surface area contributed by atoms with Gasteiger partial charge in [-0.1, -0.05) is 0 Å². The first kappa shape index (κ1) is 9.00. The maximum absolute atomic E-state index is 5.00. The summed E-state index contributed by atoms with van der Waals surface area (Å²) in [4.78, 5) is 4.02. The Labute approximate surface area is 72.8 Å². The third-order valence-electron chi connectivity index (χ3n) is 1.67. The van der Waals surface area contributed by atoms with Crippen molar-refractivity contribution in [3.63, 3.8) is 0 Å². The van der Waals surface area contributed by atoms with E-state index in [1.807, 2.05) is 19.2 Å². The maximum atomic E-state index is 5.00. The topological polar surface area (TPSA) is 34.2 Å². The van der Waals surface area contributed by atoms with Crippen molar-refractivity contribution < 1.29 is 4.74 Å². The molecular weight excluding hydrogens is 152 g/mol. The van der Waals surface area contributed by atoms with Gasteiger partial charge in [0, 0.05) is 12.3 Å². The Balaban J connectivity index is 2.60. The molecular formula is C9H14N2O. The lowest BCUT2D eigenvalue weighted by Crippen LogP contribution is -2.10. The van der Waals surface area contributed by atoms with Crippen LogP contribution in [0.1, 0.15) is 5.56 Å². The van der Waals surface area contributed by atoms with Crippen LogP contribution in [0, 0.1) is 0 Å². The zero-order valence-corrected chi connectivity index (χ0v) is 7.50. The van der Waals surface area contributed by atoms with Crippen LogP contribution >= 0.6 is 0 Å². The zero-order valence-electron chi connectivity index (χ0n) is 7.50. The number of hydrogen-bond acceptors (Lipinski definition) is 3. The zero-order chi connectivity index (χ0) is 8.81. The molecule has 1 rings (SSSR count). The van der Waals surface area contributed by atoms with Crippen LogP contribution in [0.2, 0.25) is 0 Å². The van der Waals surface area contributed by atoms with E-state index < -0.39 is 0 Å². The Bertz CT molecular complexity index is 238. The predicted molar refractivity (Wildman–Crippen MR) is 48.4 cm³/mol. The number of pyridine rings is 1. The molecule has 66 valence electrons. The van der Waals surface area contributed by atoms with Crippen LogP contribution in [0.25, 0.3) is 0 Å². The van der Waals surface area contributed by atoms with Gasteiger partial charge in [-0.3, -0.25) is 0 Å². The number of hydrogen-bond donors (Lipinski definition) is 1. The minimum absolute atomic E-state index is 0.684. The fraction of sp³-hybridized carbons (Fsp3) is 0.444. The smallest absolute Gasteiger partial charge is 0.213 e. The molecule has 0 aliphatic heterocycles. The van der Waals surface area contributed by atoms with Crippen molar-refractivity contribution in [2.75, 3.05) is 20.7 Å². The highest BCUT2D eigenvalue weighted by molar-refractivity contribution is 5.20. The minimum atomic E-state index is 0.684. The molecule has 0 atom stereocenters. The van der Waals surface area contributed by atoms with Crippen LogP contribution in [0.5, 0.6) is 5.88 Å². The van der Waals surface area contributed by atoms with Gasteiger partial charge in [0.2, 0.25) is 5.88 Å². The normalized spacial score (nSPS) is 9.83. The number of aromatic nitrogens is 1. The summed E-state index contributed by atoms with van der Waals surface area (Å²) in [6.45, 7) is 0.979. The molecule has 0 aliphatic carbocycles. The molecule has 0 aliphatic rings. The summed E-state index contributed by atoms with van der Waals surface area (Å²) < 4.78 is 5.00. The van der Waals surface area contributed by atoms with Crippen molar-refractivity contribution in [3.8, 4) is 5.88 Å². The molecule has 0 radical (unpaired) electrons. The lowest BCUT2D eigenvalue weighted by atomic mass is 10.2. The Hall–Kier alpha value is -1.09. The highest BCUT2D eigenvalue weighted by Gasteiger charge is 1.95. The number of nitrogens with one attached hydrogen (secondary N) is 1.